The molecule has 0 aliphatic carbocycles. The number of anilines is 1. The second-order valence-electron chi connectivity index (χ2n) is 5.59. The van der Waals surface area contributed by atoms with Gasteiger partial charge in [-0.25, -0.2) is 8.42 Å². The van der Waals surface area contributed by atoms with E-state index in [2.05, 4.69) is 5.43 Å². The van der Waals surface area contributed by atoms with E-state index in [-0.39, 0.29) is 16.4 Å². The average molecular weight is 363 g/mol. The van der Waals surface area contributed by atoms with E-state index in [1.807, 2.05) is 4.83 Å². The number of benzene rings is 1. The Morgan fingerprint density at radius 3 is 2.48 bits per heavy atom. The van der Waals surface area contributed by atoms with E-state index in [0.717, 1.165) is 6.42 Å². The molecule has 8 nitrogen and oxygen atoms in total. The number of carbonyl (C=O) groups excluding carboxylic acids is 2. The lowest BCUT2D eigenvalue weighted by Gasteiger charge is -2.16. The molecule has 2 amide bonds. The van der Waals surface area contributed by atoms with Crippen LogP contribution in [0.3, 0.4) is 0 Å². The largest absolute Gasteiger partial charge is 0.469 e. The number of nitrogens with zero attached hydrogens (tertiary/aromatic N) is 1. The number of amides is 2. The molecule has 0 saturated carbocycles. The molecule has 0 spiro atoms. The summed E-state index contributed by atoms with van der Waals surface area (Å²) in [7, 11) is -3.93. The lowest BCUT2D eigenvalue weighted by molar-refractivity contribution is -0.117. The highest BCUT2D eigenvalue weighted by molar-refractivity contribution is 7.89. The quantitative estimate of drug-likeness (QED) is 0.779. The van der Waals surface area contributed by atoms with Gasteiger partial charge in [-0.1, -0.05) is 0 Å². The van der Waals surface area contributed by atoms with Gasteiger partial charge in [0.2, 0.25) is 5.91 Å². The topological polar surface area (TPSA) is 109 Å². The molecule has 1 fully saturated rings. The smallest absolute Gasteiger partial charge is 0.269 e. The molecule has 0 bridgehead atoms. The predicted molar refractivity (Wildman–Crippen MR) is 89.3 cm³/mol. The second-order valence-corrected chi connectivity index (χ2v) is 7.28. The van der Waals surface area contributed by atoms with Gasteiger partial charge in [-0.2, -0.15) is 0 Å². The molecule has 1 aliphatic heterocycles. The molecular formula is C16H17N3O5S. The Balaban J connectivity index is 1.69. The fraction of sp³-hybridized carbons (Fsp3) is 0.250. The van der Waals surface area contributed by atoms with Gasteiger partial charge >= 0.3 is 0 Å². The van der Waals surface area contributed by atoms with Gasteiger partial charge in [0.1, 0.15) is 5.76 Å². The lowest BCUT2D eigenvalue weighted by atomic mass is 10.2. The highest BCUT2D eigenvalue weighted by Gasteiger charge is 2.23. The molecule has 2 heterocycles. The minimum Gasteiger partial charge on any atom is -0.469 e. The van der Waals surface area contributed by atoms with Crippen molar-refractivity contribution in [3.8, 4) is 0 Å². The van der Waals surface area contributed by atoms with Crippen molar-refractivity contribution in [2.45, 2.75) is 24.7 Å². The predicted octanol–water partition coefficient (Wildman–Crippen LogP) is 1.34. The number of aryl methyl sites for hydroxylation is 1. The van der Waals surface area contributed by atoms with Crippen molar-refractivity contribution < 1.29 is 22.4 Å². The van der Waals surface area contributed by atoms with Gasteiger partial charge in [-0.15, -0.1) is 4.83 Å². The van der Waals surface area contributed by atoms with E-state index in [4.69, 9.17) is 4.42 Å². The van der Waals surface area contributed by atoms with Crippen LogP contribution in [0.25, 0.3) is 0 Å². The summed E-state index contributed by atoms with van der Waals surface area (Å²) in [4.78, 5) is 27.3. The van der Waals surface area contributed by atoms with Gasteiger partial charge in [0.05, 0.1) is 16.7 Å². The monoisotopic (exact) mass is 363 g/mol. The molecule has 0 unspecified atom stereocenters. The number of nitrogens with one attached hydrogen (secondary N) is 2. The maximum atomic E-state index is 12.3. The number of furan rings is 1. The highest BCUT2D eigenvalue weighted by Crippen LogP contribution is 2.22. The van der Waals surface area contributed by atoms with Crippen molar-refractivity contribution in [3.05, 3.63) is 47.9 Å². The molecule has 1 aliphatic rings. The van der Waals surface area contributed by atoms with Crippen LogP contribution in [0.5, 0.6) is 0 Å². The second kappa shape index (κ2) is 6.69. The van der Waals surface area contributed by atoms with Crippen LogP contribution >= 0.6 is 0 Å². The summed E-state index contributed by atoms with van der Waals surface area (Å²) in [5, 5.41) is 0. The van der Waals surface area contributed by atoms with E-state index in [1.165, 1.54) is 24.5 Å². The first-order chi connectivity index (χ1) is 11.9. The molecular weight excluding hydrogens is 346 g/mol. The Morgan fingerprint density at radius 1 is 1.20 bits per heavy atom. The van der Waals surface area contributed by atoms with E-state index < -0.39 is 15.9 Å². The third kappa shape index (κ3) is 3.57. The molecule has 1 aromatic carbocycles. The minimum absolute atomic E-state index is 0.0212. The van der Waals surface area contributed by atoms with Crippen LogP contribution in [-0.2, 0) is 14.8 Å². The van der Waals surface area contributed by atoms with Crippen molar-refractivity contribution in [1.82, 2.24) is 10.3 Å². The molecule has 0 radical (unpaired) electrons. The van der Waals surface area contributed by atoms with E-state index in [9.17, 15) is 18.0 Å². The Labute approximate surface area is 144 Å². The van der Waals surface area contributed by atoms with Gasteiger partial charge < -0.3 is 9.32 Å². The average Bonchev–Trinajstić information content (AvgIpc) is 3.21. The van der Waals surface area contributed by atoms with Crippen LogP contribution in [-0.4, -0.2) is 26.8 Å². The third-order valence-electron chi connectivity index (χ3n) is 3.93. The molecule has 132 valence electrons. The first kappa shape index (κ1) is 17.2. The number of rotatable bonds is 5. The molecule has 1 aromatic heterocycles. The number of carbonyl (C=O) groups is 2. The standard InChI is InChI=1S/C16H17N3O5S/c1-11-14(8-10-24-11)16(21)17-18-25(22,23)13-6-4-12(5-7-13)19-9-2-3-15(19)20/h4-8,10,18H,2-3,9H2,1H3,(H,17,21). The number of hydrogen-bond acceptors (Lipinski definition) is 5. The summed E-state index contributed by atoms with van der Waals surface area (Å²) in [6, 6.07) is 7.36. The maximum absolute atomic E-state index is 12.3. The molecule has 3 rings (SSSR count). The summed E-state index contributed by atoms with van der Waals surface area (Å²) in [5.41, 5.74) is 3.03. The van der Waals surface area contributed by atoms with Crippen LogP contribution in [0.1, 0.15) is 29.0 Å². The molecule has 1 saturated heterocycles. The molecule has 25 heavy (non-hydrogen) atoms. The fourth-order valence-corrected chi connectivity index (χ4v) is 3.43. The van der Waals surface area contributed by atoms with Crippen LogP contribution in [0.15, 0.2) is 45.9 Å². The fourth-order valence-electron chi connectivity index (χ4n) is 2.59. The molecule has 0 atom stereocenters. The molecule has 2 N–H and O–H groups in total. The lowest BCUT2D eigenvalue weighted by Crippen LogP contribution is -2.41. The summed E-state index contributed by atoms with van der Waals surface area (Å²) >= 11 is 0. The van der Waals surface area contributed by atoms with Crippen LogP contribution in [0.2, 0.25) is 0 Å². The van der Waals surface area contributed by atoms with Gasteiger partial charge in [0.15, 0.2) is 0 Å². The van der Waals surface area contributed by atoms with Gasteiger partial charge in [-0.3, -0.25) is 15.0 Å². The van der Waals surface area contributed by atoms with Gasteiger partial charge in [0, 0.05) is 18.7 Å². The zero-order valence-corrected chi connectivity index (χ0v) is 14.3. The summed E-state index contributed by atoms with van der Waals surface area (Å²) in [6.45, 7) is 2.23. The van der Waals surface area contributed by atoms with E-state index in [1.54, 1.807) is 24.0 Å². The third-order valence-corrected chi connectivity index (χ3v) is 5.20. The highest BCUT2D eigenvalue weighted by atomic mass is 32.2. The number of hydrazine groups is 1. The van der Waals surface area contributed by atoms with Crippen LogP contribution in [0, 0.1) is 6.92 Å². The molecule has 9 heteroatoms. The first-order valence-electron chi connectivity index (χ1n) is 7.65. The zero-order chi connectivity index (χ0) is 18.0. The van der Waals surface area contributed by atoms with Crippen molar-refractivity contribution in [1.29, 1.82) is 0 Å². The Kier molecular flexibility index (Phi) is 4.60. The summed E-state index contributed by atoms with van der Waals surface area (Å²) in [5.74, 6) is -0.207. The minimum atomic E-state index is -3.93. The van der Waals surface area contributed by atoms with Crippen molar-refractivity contribution in [2.24, 2.45) is 0 Å². The Bertz CT molecular complexity index is 902. The maximum Gasteiger partial charge on any atom is 0.269 e. The normalized spacial score (nSPS) is 14.8. The SMILES string of the molecule is Cc1occc1C(=O)NNS(=O)(=O)c1ccc(N2CCCC2=O)cc1. The Morgan fingerprint density at radius 2 is 1.92 bits per heavy atom. The van der Waals surface area contributed by atoms with E-state index >= 15 is 0 Å². The van der Waals surface area contributed by atoms with Gasteiger partial charge in [-0.05, 0) is 43.7 Å². The number of hydrogen-bond donors (Lipinski definition) is 2. The van der Waals surface area contributed by atoms with Gasteiger partial charge in [0.25, 0.3) is 15.9 Å². The van der Waals surface area contributed by atoms with Crippen molar-refractivity contribution in [2.75, 3.05) is 11.4 Å². The Hall–Kier alpha value is -2.65. The van der Waals surface area contributed by atoms with E-state index in [0.29, 0.717) is 24.4 Å². The van der Waals surface area contributed by atoms with Crippen molar-refractivity contribution in [3.63, 3.8) is 0 Å². The number of sulfonamides is 1. The summed E-state index contributed by atoms with van der Waals surface area (Å²) in [6.07, 6.45) is 2.64. The van der Waals surface area contributed by atoms with Crippen LogP contribution < -0.4 is 15.2 Å². The zero-order valence-electron chi connectivity index (χ0n) is 13.5. The molecule has 2 aromatic rings. The van der Waals surface area contributed by atoms with Crippen LogP contribution in [0.4, 0.5) is 5.69 Å². The first-order valence-corrected chi connectivity index (χ1v) is 9.13. The summed E-state index contributed by atoms with van der Waals surface area (Å²) < 4.78 is 29.5. The van der Waals surface area contributed by atoms with Crippen molar-refractivity contribution >= 4 is 27.5 Å².